The Bertz CT molecular complexity index is 1410. The lowest BCUT2D eigenvalue weighted by atomic mass is 10.1. The van der Waals surface area contributed by atoms with Gasteiger partial charge in [0.1, 0.15) is 23.9 Å². The van der Waals surface area contributed by atoms with E-state index < -0.39 is 9.84 Å². The van der Waals surface area contributed by atoms with Gasteiger partial charge in [0.15, 0.2) is 9.84 Å². The Morgan fingerprint density at radius 1 is 0.938 bits per heavy atom. The highest BCUT2D eigenvalue weighted by atomic mass is 32.2. The van der Waals surface area contributed by atoms with Crippen molar-refractivity contribution in [1.82, 2.24) is 15.2 Å². The van der Waals surface area contributed by atoms with E-state index in [0.29, 0.717) is 28.5 Å². The van der Waals surface area contributed by atoms with Crippen LogP contribution in [0.2, 0.25) is 0 Å². The summed E-state index contributed by atoms with van der Waals surface area (Å²) in [6.45, 7) is 2.23. The molecule has 0 atom stereocenters. The highest BCUT2D eigenvalue weighted by Crippen LogP contribution is 2.32. The molecular weight excluding hydrogens is 430 g/mol. The minimum atomic E-state index is -3.30. The number of sulfone groups is 1. The summed E-state index contributed by atoms with van der Waals surface area (Å²) in [6.07, 6.45) is 2.86. The molecule has 0 saturated carbocycles. The molecule has 4 aromatic rings. The first kappa shape index (κ1) is 21.4. The maximum Gasteiger partial charge on any atom is 0.264 e. The molecule has 2 aromatic heterocycles. The molecule has 0 saturated heterocycles. The fourth-order valence-electron chi connectivity index (χ4n) is 3.07. The van der Waals surface area contributed by atoms with Gasteiger partial charge in [-0.3, -0.25) is 20.0 Å². The van der Waals surface area contributed by atoms with E-state index in [1.54, 1.807) is 36.5 Å². The molecule has 0 aliphatic carbocycles. The Morgan fingerprint density at radius 3 is 2.34 bits per heavy atom. The minimum absolute atomic E-state index is 0.207. The van der Waals surface area contributed by atoms with Crippen LogP contribution < -0.4 is 15.0 Å². The molecule has 0 aliphatic rings. The van der Waals surface area contributed by atoms with Crippen molar-refractivity contribution < 1.29 is 17.9 Å². The lowest BCUT2D eigenvalue weighted by molar-refractivity contribution is 0.299. The molecular formula is C23H21N3O5S. The number of hydrogen-bond acceptors (Lipinski definition) is 6. The molecule has 164 valence electrons. The van der Waals surface area contributed by atoms with Crippen LogP contribution in [0.25, 0.3) is 11.3 Å². The first-order valence-corrected chi connectivity index (χ1v) is 11.6. The van der Waals surface area contributed by atoms with E-state index in [2.05, 4.69) is 15.2 Å². The van der Waals surface area contributed by atoms with E-state index in [1.807, 2.05) is 19.1 Å². The third-order valence-corrected chi connectivity index (χ3v) is 5.90. The Labute approximate surface area is 184 Å². The number of aryl methyl sites for hydroxylation is 1. The van der Waals surface area contributed by atoms with Gasteiger partial charge in [0.25, 0.3) is 5.56 Å². The van der Waals surface area contributed by atoms with E-state index in [0.717, 1.165) is 17.5 Å². The SMILES string of the molecule is Cc1cccnc1COc1cc(Oc2ccc(S(C)(=O)=O)cc2)cc(-c2cc(=O)[nH][nH]2)c1. The predicted octanol–water partition coefficient (Wildman–Crippen LogP) is 3.85. The fraction of sp³-hybridized carbons (Fsp3) is 0.130. The number of nitrogens with zero attached hydrogens (tertiary/aromatic N) is 1. The lowest BCUT2D eigenvalue weighted by Crippen LogP contribution is -2.01. The van der Waals surface area contributed by atoms with E-state index in [4.69, 9.17) is 9.47 Å². The Morgan fingerprint density at radius 2 is 1.69 bits per heavy atom. The zero-order valence-corrected chi connectivity index (χ0v) is 18.3. The summed E-state index contributed by atoms with van der Waals surface area (Å²) in [5.74, 6) is 1.45. The van der Waals surface area contributed by atoms with Crippen LogP contribution in [0, 0.1) is 6.92 Å². The van der Waals surface area contributed by atoms with Gasteiger partial charge in [0.2, 0.25) is 0 Å². The molecule has 0 amide bonds. The molecule has 32 heavy (non-hydrogen) atoms. The van der Waals surface area contributed by atoms with Gasteiger partial charge in [0, 0.05) is 30.1 Å². The van der Waals surface area contributed by atoms with Crippen molar-refractivity contribution in [2.75, 3.05) is 6.26 Å². The van der Waals surface area contributed by atoms with Gasteiger partial charge in [-0.15, -0.1) is 0 Å². The quantitative estimate of drug-likeness (QED) is 0.441. The fourth-order valence-corrected chi connectivity index (χ4v) is 3.70. The largest absolute Gasteiger partial charge is 0.487 e. The number of benzene rings is 2. The van der Waals surface area contributed by atoms with Crippen molar-refractivity contribution in [2.24, 2.45) is 0 Å². The molecule has 9 heteroatoms. The summed E-state index contributed by atoms with van der Waals surface area (Å²) in [4.78, 5) is 16.1. The number of H-pyrrole nitrogens is 2. The second-order valence-electron chi connectivity index (χ2n) is 7.27. The Balaban J connectivity index is 1.64. The maximum absolute atomic E-state index is 11.7. The van der Waals surface area contributed by atoms with Gasteiger partial charge in [-0.1, -0.05) is 6.07 Å². The first-order valence-electron chi connectivity index (χ1n) is 9.72. The van der Waals surface area contributed by atoms with E-state index >= 15 is 0 Å². The number of ether oxygens (including phenoxy) is 2. The molecule has 0 fully saturated rings. The first-order chi connectivity index (χ1) is 15.3. The Kier molecular flexibility index (Phi) is 5.83. The number of pyridine rings is 1. The molecule has 2 heterocycles. The standard InChI is InChI=1S/C23H21N3O5S/c1-15-4-3-9-24-22(15)14-30-18-10-16(21-13-23(27)26-25-21)11-19(12-18)31-17-5-7-20(8-6-17)32(2,28)29/h3-13H,14H2,1-2H3,(H2,25,26,27). The number of nitrogens with one attached hydrogen (secondary N) is 2. The number of rotatable bonds is 7. The highest BCUT2D eigenvalue weighted by molar-refractivity contribution is 7.90. The molecule has 2 aromatic carbocycles. The van der Waals surface area contributed by atoms with Crippen molar-refractivity contribution in [1.29, 1.82) is 0 Å². The third kappa shape index (κ3) is 5.06. The molecule has 0 spiro atoms. The van der Waals surface area contributed by atoms with Crippen molar-refractivity contribution in [2.45, 2.75) is 18.4 Å². The van der Waals surface area contributed by atoms with Gasteiger partial charge in [-0.25, -0.2) is 8.42 Å². The molecule has 8 nitrogen and oxygen atoms in total. The highest BCUT2D eigenvalue weighted by Gasteiger charge is 2.11. The van der Waals surface area contributed by atoms with Crippen LogP contribution in [0.3, 0.4) is 0 Å². The van der Waals surface area contributed by atoms with Crippen LogP contribution in [0.1, 0.15) is 11.3 Å². The van der Waals surface area contributed by atoms with Crippen molar-refractivity contribution in [3.8, 4) is 28.5 Å². The number of aromatic amines is 2. The van der Waals surface area contributed by atoms with Crippen molar-refractivity contribution in [3.05, 3.63) is 88.5 Å². The van der Waals surface area contributed by atoms with Crippen molar-refractivity contribution >= 4 is 9.84 Å². The number of hydrogen-bond donors (Lipinski definition) is 2. The molecule has 0 radical (unpaired) electrons. The normalized spacial score (nSPS) is 11.3. The summed E-state index contributed by atoms with van der Waals surface area (Å²) in [5.41, 5.74) is 2.83. The van der Waals surface area contributed by atoms with Crippen LogP contribution in [0.4, 0.5) is 0 Å². The molecule has 0 bridgehead atoms. The lowest BCUT2D eigenvalue weighted by Gasteiger charge is -2.12. The molecule has 0 unspecified atom stereocenters. The third-order valence-electron chi connectivity index (χ3n) is 4.77. The summed E-state index contributed by atoms with van der Waals surface area (Å²) >= 11 is 0. The van der Waals surface area contributed by atoms with Crippen LogP contribution in [0.15, 0.2) is 76.6 Å². The average molecular weight is 452 g/mol. The van der Waals surface area contributed by atoms with Gasteiger partial charge in [-0.05, 0) is 55.0 Å². The van der Waals surface area contributed by atoms with Crippen LogP contribution >= 0.6 is 0 Å². The molecule has 0 aliphatic heterocycles. The average Bonchev–Trinajstić information content (AvgIpc) is 3.19. The predicted molar refractivity (Wildman–Crippen MR) is 120 cm³/mol. The summed E-state index contributed by atoms with van der Waals surface area (Å²) in [6, 6.07) is 16.7. The topological polar surface area (TPSA) is 114 Å². The zero-order chi connectivity index (χ0) is 22.7. The Hall–Kier alpha value is -3.85. The maximum atomic E-state index is 11.7. The van der Waals surface area contributed by atoms with Gasteiger partial charge in [0.05, 0.1) is 16.3 Å². The van der Waals surface area contributed by atoms with Crippen LogP contribution in [-0.4, -0.2) is 29.9 Å². The molecule has 4 rings (SSSR count). The second-order valence-corrected chi connectivity index (χ2v) is 9.28. The summed E-state index contributed by atoms with van der Waals surface area (Å²) in [7, 11) is -3.30. The van der Waals surface area contributed by atoms with Crippen LogP contribution in [-0.2, 0) is 16.4 Å². The van der Waals surface area contributed by atoms with E-state index in [9.17, 15) is 13.2 Å². The van der Waals surface area contributed by atoms with Gasteiger partial charge >= 0.3 is 0 Å². The van der Waals surface area contributed by atoms with Gasteiger partial charge < -0.3 is 9.47 Å². The summed E-state index contributed by atoms with van der Waals surface area (Å²) in [5, 5.41) is 5.33. The van der Waals surface area contributed by atoms with Crippen LogP contribution in [0.5, 0.6) is 17.2 Å². The second kappa shape index (κ2) is 8.72. The van der Waals surface area contributed by atoms with E-state index in [1.165, 1.54) is 18.2 Å². The minimum Gasteiger partial charge on any atom is -0.487 e. The van der Waals surface area contributed by atoms with E-state index in [-0.39, 0.29) is 17.1 Å². The van der Waals surface area contributed by atoms with Crippen molar-refractivity contribution in [3.63, 3.8) is 0 Å². The summed E-state index contributed by atoms with van der Waals surface area (Å²) < 4.78 is 35.2. The number of aromatic nitrogens is 3. The smallest absolute Gasteiger partial charge is 0.264 e. The molecule has 2 N–H and O–H groups in total. The van der Waals surface area contributed by atoms with Gasteiger partial charge in [-0.2, -0.15) is 0 Å². The zero-order valence-electron chi connectivity index (χ0n) is 17.5. The monoisotopic (exact) mass is 451 g/mol.